The van der Waals surface area contributed by atoms with Gasteiger partial charge in [0.2, 0.25) is 0 Å². The summed E-state index contributed by atoms with van der Waals surface area (Å²) in [6, 6.07) is 2.94. The highest BCUT2D eigenvalue weighted by molar-refractivity contribution is 6.73. The maximum atomic E-state index is 14.5. The van der Waals surface area contributed by atoms with Gasteiger partial charge in [-0.25, -0.2) is 0 Å². The molecule has 0 aromatic carbocycles. The molecule has 42 heavy (non-hydrogen) atoms. The normalized spacial score (nSPS) is 38.9. The summed E-state index contributed by atoms with van der Waals surface area (Å²) < 4.78 is 44.3. The van der Waals surface area contributed by atoms with Crippen LogP contribution in [0, 0.1) is 17.8 Å². The first kappa shape index (κ1) is 34.0. The van der Waals surface area contributed by atoms with E-state index in [4.69, 9.17) is 32.8 Å². The highest BCUT2D eigenvalue weighted by Gasteiger charge is 2.60. The maximum Gasteiger partial charge on any atom is 0.306 e. The van der Waals surface area contributed by atoms with Crippen LogP contribution in [0.25, 0.3) is 0 Å². The number of carbonyl (C=O) groups is 2. The lowest BCUT2D eigenvalue weighted by molar-refractivity contribution is -0.209. The Morgan fingerprint density at radius 2 is 1.64 bits per heavy atom. The fourth-order valence-electron chi connectivity index (χ4n) is 7.99. The van der Waals surface area contributed by atoms with E-state index in [0.717, 1.165) is 31.0 Å². The van der Waals surface area contributed by atoms with Gasteiger partial charge in [-0.2, -0.15) is 0 Å². The molecule has 242 valence electrons. The van der Waals surface area contributed by atoms with E-state index < -0.39 is 43.4 Å². The van der Waals surface area contributed by atoms with Crippen LogP contribution in [-0.2, 0) is 42.4 Å². The van der Waals surface area contributed by atoms with Gasteiger partial charge in [0.25, 0.3) is 0 Å². The molecule has 4 fully saturated rings. The quantitative estimate of drug-likeness (QED) is 0.199. The van der Waals surface area contributed by atoms with E-state index in [1.165, 1.54) is 0 Å². The number of esters is 1. The van der Waals surface area contributed by atoms with Gasteiger partial charge >= 0.3 is 5.97 Å². The van der Waals surface area contributed by atoms with Crippen molar-refractivity contribution in [2.45, 2.75) is 154 Å². The van der Waals surface area contributed by atoms with Crippen molar-refractivity contribution in [3.8, 4) is 0 Å². The molecule has 0 unspecified atom stereocenters. The van der Waals surface area contributed by atoms with Gasteiger partial charge in [-0.3, -0.25) is 9.59 Å². The molecule has 0 aliphatic carbocycles. The summed E-state index contributed by atoms with van der Waals surface area (Å²) in [5, 5.41) is 0. The van der Waals surface area contributed by atoms with E-state index in [1.54, 1.807) is 7.11 Å². The molecule has 4 rings (SSSR count). The third-order valence-corrected chi connectivity index (χ3v) is 16.0. The van der Waals surface area contributed by atoms with Gasteiger partial charge in [0, 0.05) is 31.3 Å². The predicted octanol–water partition coefficient (Wildman–Crippen LogP) is 5.43. The Morgan fingerprint density at radius 1 is 1.02 bits per heavy atom. The van der Waals surface area contributed by atoms with E-state index >= 15 is 0 Å². The first-order valence-electron chi connectivity index (χ1n) is 16.3. The molecule has 0 amide bonds. The van der Waals surface area contributed by atoms with Crippen molar-refractivity contribution < 1.29 is 42.4 Å². The molecule has 0 radical (unpaired) electrons. The van der Waals surface area contributed by atoms with Crippen molar-refractivity contribution in [3.05, 3.63) is 0 Å². The van der Waals surface area contributed by atoms with Gasteiger partial charge in [0.15, 0.2) is 19.9 Å². The van der Waals surface area contributed by atoms with Crippen molar-refractivity contribution in [2.24, 2.45) is 17.8 Å². The van der Waals surface area contributed by atoms with Gasteiger partial charge in [-0.05, 0) is 58.2 Å². The maximum absolute atomic E-state index is 14.5. The molecular formula is C32H56O9Si. The lowest BCUT2D eigenvalue weighted by Gasteiger charge is -2.38. The molecule has 10 atom stereocenters. The van der Waals surface area contributed by atoms with Crippen LogP contribution in [0.4, 0.5) is 0 Å². The molecule has 0 bridgehead atoms. The second-order valence-electron chi connectivity index (χ2n) is 13.8. The zero-order valence-electron chi connectivity index (χ0n) is 27.7. The summed E-state index contributed by atoms with van der Waals surface area (Å²) in [6.45, 7) is 19.7. The Bertz CT molecular complexity index is 957. The Hall–Kier alpha value is -0.883. The molecule has 4 aliphatic rings. The van der Waals surface area contributed by atoms with Crippen LogP contribution in [0.5, 0.6) is 0 Å². The van der Waals surface area contributed by atoms with E-state index in [-0.39, 0.29) is 41.9 Å². The summed E-state index contributed by atoms with van der Waals surface area (Å²) in [6.07, 6.45) is 0.501. The smallest absolute Gasteiger partial charge is 0.306 e. The second-order valence-corrected chi connectivity index (χ2v) is 18.5. The Balaban J connectivity index is 1.60. The van der Waals surface area contributed by atoms with Crippen LogP contribution in [0.2, 0.25) is 18.1 Å². The lowest BCUT2D eigenvalue weighted by atomic mass is 9.81. The molecule has 0 saturated carbocycles. The number of rotatable bonds is 13. The highest BCUT2D eigenvalue weighted by Crippen LogP contribution is 2.49. The molecular weight excluding hydrogens is 556 g/mol. The minimum absolute atomic E-state index is 0.0179. The first-order valence-corrected chi connectivity index (χ1v) is 18.8. The van der Waals surface area contributed by atoms with Crippen molar-refractivity contribution in [1.82, 2.24) is 0 Å². The monoisotopic (exact) mass is 612 g/mol. The summed E-state index contributed by atoms with van der Waals surface area (Å²) >= 11 is 0. The summed E-state index contributed by atoms with van der Waals surface area (Å²) in [7, 11) is -0.443. The van der Waals surface area contributed by atoms with Crippen LogP contribution in [0.3, 0.4) is 0 Å². The number of Topliss-reactive ketones (excluding diaryl/α,β-unsaturated/α-hetero) is 1. The molecule has 0 aromatic rings. The SMILES string of the molecule is CC[Si](CC)(CC)O[C@@H]1[C@H](C)[C@H]([C@]2(C)CC[C@H]([C@]3(C)CCC(=O)O3)O2)O[C@H]1C(=O)[C@@H](C)[C@H](OC)[C@@H](C)C1(C)OCCO1. The van der Waals surface area contributed by atoms with Crippen molar-refractivity contribution in [2.75, 3.05) is 20.3 Å². The number of ether oxygens (including phenoxy) is 6. The van der Waals surface area contributed by atoms with Crippen LogP contribution in [0.1, 0.15) is 88.0 Å². The van der Waals surface area contributed by atoms with Crippen LogP contribution >= 0.6 is 0 Å². The topological polar surface area (TPSA) is 98.8 Å². The average molecular weight is 613 g/mol. The Kier molecular flexibility index (Phi) is 10.4. The molecule has 0 spiro atoms. The van der Waals surface area contributed by atoms with Crippen LogP contribution in [0.15, 0.2) is 0 Å². The number of cyclic esters (lactones) is 1. The first-order chi connectivity index (χ1) is 19.7. The van der Waals surface area contributed by atoms with Crippen LogP contribution in [-0.4, -0.2) is 87.9 Å². The minimum atomic E-state index is -2.09. The van der Waals surface area contributed by atoms with E-state index in [9.17, 15) is 9.59 Å². The number of hydrogen-bond acceptors (Lipinski definition) is 9. The van der Waals surface area contributed by atoms with E-state index in [2.05, 4.69) is 34.6 Å². The van der Waals surface area contributed by atoms with E-state index in [0.29, 0.717) is 26.1 Å². The molecule has 0 N–H and O–H groups in total. The fraction of sp³-hybridized carbons (Fsp3) is 0.938. The molecule has 9 nitrogen and oxygen atoms in total. The zero-order valence-corrected chi connectivity index (χ0v) is 28.7. The number of methoxy groups -OCH3 is 1. The van der Waals surface area contributed by atoms with Crippen LogP contribution < -0.4 is 0 Å². The third kappa shape index (κ3) is 6.15. The van der Waals surface area contributed by atoms with Crippen molar-refractivity contribution >= 4 is 20.1 Å². The number of carbonyl (C=O) groups excluding carboxylic acids is 2. The lowest BCUT2D eigenvalue weighted by Crippen LogP contribution is -2.51. The van der Waals surface area contributed by atoms with Crippen molar-refractivity contribution in [1.29, 1.82) is 0 Å². The third-order valence-electron chi connectivity index (χ3n) is 11.4. The van der Waals surface area contributed by atoms with Gasteiger partial charge in [-0.1, -0.05) is 41.5 Å². The van der Waals surface area contributed by atoms with Gasteiger partial charge in [0.05, 0.1) is 43.2 Å². The predicted molar refractivity (Wildman–Crippen MR) is 161 cm³/mol. The molecule has 4 aliphatic heterocycles. The summed E-state index contributed by atoms with van der Waals surface area (Å²) in [4.78, 5) is 26.4. The Labute approximate surface area is 254 Å². The van der Waals surface area contributed by atoms with Gasteiger partial charge in [0.1, 0.15) is 11.7 Å². The summed E-state index contributed by atoms with van der Waals surface area (Å²) in [5.41, 5.74) is -1.27. The zero-order chi connectivity index (χ0) is 31.1. The summed E-state index contributed by atoms with van der Waals surface area (Å²) in [5.74, 6) is -1.72. The highest BCUT2D eigenvalue weighted by atomic mass is 28.4. The Morgan fingerprint density at radius 3 is 2.17 bits per heavy atom. The molecule has 4 heterocycles. The minimum Gasteiger partial charge on any atom is -0.457 e. The fourth-order valence-corrected chi connectivity index (χ4v) is 10.9. The average Bonchev–Trinajstić information content (AvgIpc) is 3.75. The molecule has 4 saturated heterocycles. The van der Waals surface area contributed by atoms with Gasteiger partial charge < -0.3 is 32.8 Å². The van der Waals surface area contributed by atoms with Gasteiger partial charge in [-0.15, -0.1) is 0 Å². The standard InChI is InChI=1S/C32H56O9Si/c1-11-42(12-2,13-3)41-27-21(5)29(31(8)16-14-23(39-31)30(7)17-15-24(33)40-30)38-28(27)25(34)20(4)26(35-10)22(6)32(9)36-18-19-37-32/h20-23,26-29H,11-19H2,1-10H3/t20-,21+,22-,23-,26+,27-,28+,29-,30+,31+/m1/s1. The van der Waals surface area contributed by atoms with Crippen molar-refractivity contribution in [3.63, 3.8) is 0 Å². The van der Waals surface area contributed by atoms with E-state index in [1.807, 2.05) is 27.7 Å². The molecule has 0 aromatic heterocycles. The molecule has 10 heteroatoms. The largest absolute Gasteiger partial charge is 0.457 e. The second kappa shape index (κ2) is 12.8. The number of ketones is 1. The number of hydrogen-bond donors (Lipinski definition) is 0.